The third kappa shape index (κ3) is 3.96. The van der Waals surface area contributed by atoms with Crippen molar-refractivity contribution < 1.29 is 0 Å². The third-order valence-corrected chi connectivity index (χ3v) is 5.04. The molecule has 2 aliphatic rings. The van der Waals surface area contributed by atoms with Crippen LogP contribution in [0.4, 0.5) is 0 Å². The monoisotopic (exact) mass is 252 g/mol. The van der Waals surface area contributed by atoms with Crippen LogP contribution < -0.4 is 5.32 Å². The summed E-state index contributed by atoms with van der Waals surface area (Å²) in [5.41, 5.74) is 0.507. The van der Waals surface area contributed by atoms with Gasteiger partial charge in [0.25, 0.3) is 0 Å². The Morgan fingerprint density at radius 1 is 1.06 bits per heavy atom. The molecule has 2 rings (SSSR count). The zero-order valence-corrected chi connectivity index (χ0v) is 12.7. The van der Waals surface area contributed by atoms with E-state index in [-0.39, 0.29) is 0 Å². The fourth-order valence-electron chi connectivity index (χ4n) is 3.01. The fourth-order valence-corrected chi connectivity index (χ4v) is 3.01. The smallest absolute Gasteiger partial charge is 0.00967 e. The van der Waals surface area contributed by atoms with Crippen LogP contribution in [0.1, 0.15) is 59.3 Å². The standard InChI is InChI=1S/C16H32N2/c1-4-16(5-2,12-17-6-3)13-18(15-9-10-15)11-14-7-8-14/h14-15,17H,4-13H2,1-3H3. The maximum Gasteiger partial charge on any atom is 0.00967 e. The maximum atomic E-state index is 3.60. The minimum Gasteiger partial charge on any atom is -0.316 e. The first-order valence-corrected chi connectivity index (χ1v) is 8.17. The van der Waals surface area contributed by atoms with E-state index in [1.54, 1.807) is 0 Å². The minimum atomic E-state index is 0.507. The molecule has 2 fully saturated rings. The van der Waals surface area contributed by atoms with Crippen LogP contribution in [0, 0.1) is 11.3 Å². The normalized spacial score (nSPS) is 20.7. The maximum absolute atomic E-state index is 3.60. The predicted octanol–water partition coefficient (Wildman–Crippen LogP) is 3.28. The van der Waals surface area contributed by atoms with E-state index in [1.165, 1.54) is 58.2 Å². The Kier molecular flexibility index (Phi) is 5.08. The highest BCUT2D eigenvalue weighted by Gasteiger charge is 2.38. The van der Waals surface area contributed by atoms with Crippen molar-refractivity contribution in [3.8, 4) is 0 Å². The van der Waals surface area contributed by atoms with Gasteiger partial charge in [-0.25, -0.2) is 0 Å². The molecule has 2 heteroatoms. The van der Waals surface area contributed by atoms with Crippen LogP contribution in [0.5, 0.6) is 0 Å². The molecule has 0 aliphatic heterocycles. The SMILES string of the molecule is CCNCC(CC)(CC)CN(CC1CC1)C1CC1. The van der Waals surface area contributed by atoms with Gasteiger partial charge in [0, 0.05) is 25.7 Å². The van der Waals surface area contributed by atoms with Crippen molar-refractivity contribution in [3.63, 3.8) is 0 Å². The van der Waals surface area contributed by atoms with Crippen molar-refractivity contribution in [3.05, 3.63) is 0 Å². The average Bonchev–Trinajstić information content (AvgIpc) is 3.26. The molecule has 0 radical (unpaired) electrons. The summed E-state index contributed by atoms with van der Waals surface area (Å²) < 4.78 is 0. The second-order valence-corrected chi connectivity index (χ2v) is 6.59. The number of hydrogen-bond acceptors (Lipinski definition) is 2. The van der Waals surface area contributed by atoms with Crippen LogP contribution in [0.3, 0.4) is 0 Å². The largest absolute Gasteiger partial charge is 0.316 e. The average molecular weight is 252 g/mol. The lowest BCUT2D eigenvalue weighted by Crippen LogP contribution is -2.45. The summed E-state index contributed by atoms with van der Waals surface area (Å²) >= 11 is 0. The Morgan fingerprint density at radius 2 is 1.72 bits per heavy atom. The lowest BCUT2D eigenvalue weighted by Gasteiger charge is -2.38. The Morgan fingerprint density at radius 3 is 2.17 bits per heavy atom. The quantitative estimate of drug-likeness (QED) is 0.642. The molecule has 0 heterocycles. The van der Waals surface area contributed by atoms with Crippen molar-refractivity contribution in [1.82, 2.24) is 10.2 Å². The third-order valence-electron chi connectivity index (χ3n) is 5.04. The van der Waals surface area contributed by atoms with E-state index in [9.17, 15) is 0 Å². The molecule has 0 spiro atoms. The second kappa shape index (κ2) is 6.38. The summed E-state index contributed by atoms with van der Waals surface area (Å²) in [6.45, 7) is 12.0. The van der Waals surface area contributed by atoms with E-state index in [4.69, 9.17) is 0 Å². The van der Waals surface area contributed by atoms with E-state index in [0.29, 0.717) is 5.41 Å². The van der Waals surface area contributed by atoms with E-state index in [2.05, 4.69) is 31.0 Å². The molecule has 0 aromatic rings. The summed E-state index contributed by atoms with van der Waals surface area (Å²) in [7, 11) is 0. The van der Waals surface area contributed by atoms with E-state index in [0.717, 1.165) is 18.5 Å². The van der Waals surface area contributed by atoms with E-state index < -0.39 is 0 Å². The highest BCUT2D eigenvalue weighted by molar-refractivity contribution is 4.93. The zero-order chi connectivity index (χ0) is 13.0. The van der Waals surface area contributed by atoms with Gasteiger partial charge in [-0.3, -0.25) is 4.90 Å². The molecule has 0 aromatic carbocycles. The van der Waals surface area contributed by atoms with Gasteiger partial charge in [-0.15, -0.1) is 0 Å². The van der Waals surface area contributed by atoms with Gasteiger partial charge in [0.05, 0.1) is 0 Å². The molecule has 0 unspecified atom stereocenters. The lowest BCUT2D eigenvalue weighted by atomic mass is 9.81. The van der Waals surface area contributed by atoms with Crippen LogP contribution >= 0.6 is 0 Å². The van der Waals surface area contributed by atoms with Gasteiger partial charge < -0.3 is 5.32 Å². The van der Waals surface area contributed by atoms with Crippen molar-refractivity contribution in [2.45, 2.75) is 65.3 Å². The zero-order valence-electron chi connectivity index (χ0n) is 12.7. The van der Waals surface area contributed by atoms with Gasteiger partial charge in [-0.05, 0) is 56.4 Å². The topological polar surface area (TPSA) is 15.3 Å². The number of hydrogen-bond donors (Lipinski definition) is 1. The second-order valence-electron chi connectivity index (χ2n) is 6.59. The highest BCUT2D eigenvalue weighted by Crippen LogP contribution is 2.38. The highest BCUT2D eigenvalue weighted by atomic mass is 15.2. The van der Waals surface area contributed by atoms with Gasteiger partial charge in [0.15, 0.2) is 0 Å². The van der Waals surface area contributed by atoms with Gasteiger partial charge in [-0.1, -0.05) is 20.8 Å². The first-order chi connectivity index (χ1) is 8.73. The van der Waals surface area contributed by atoms with Crippen molar-refractivity contribution in [2.24, 2.45) is 11.3 Å². The number of rotatable bonds is 10. The molecule has 106 valence electrons. The molecule has 2 saturated carbocycles. The Labute approximate surface area is 114 Å². The van der Waals surface area contributed by atoms with Gasteiger partial charge >= 0.3 is 0 Å². The molecule has 2 aliphatic carbocycles. The van der Waals surface area contributed by atoms with Crippen LogP contribution in [0.25, 0.3) is 0 Å². The summed E-state index contributed by atoms with van der Waals surface area (Å²) in [6.07, 6.45) is 8.51. The molecule has 0 saturated heterocycles. The Balaban J connectivity index is 1.90. The molecule has 2 nitrogen and oxygen atoms in total. The molecule has 0 atom stereocenters. The first-order valence-electron chi connectivity index (χ1n) is 8.17. The minimum absolute atomic E-state index is 0.507. The Bertz CT molecular complexity index is 239. The summed E-state index contributed by atoms with van der Waals surface area (Å²) in [4.78, 5) is 2.84. The van der Waals surface area contributed by atoms with Crippen LogP contribution in [0.2, 0.25) is 0 Å². The van der Waals surface area contributed by atoms with Crippen molar-refractivity contribution in [1.29, 1.82) is 0 Å². The van der Waals surface area contributed by atoms with E-state index >= 15 is 0 Å². The lowest BCUT2D eigenvalue weighted by molar-refractivity contribution is 0.124. The van der Waals surface area contributed by atoms with Gasteiger partial charge in [0.2, 0.25) is 0 Å². The Hall–Kier alpha value is -0.0800. The van der Waals surface area contributed by atoms with Crippen LogP contribution in [-0.2, 0) is 0 Å². The number of nitrogens with zero attached hydrogens (tertiary/aromatic N) is 1. The summed E-state index contributed by atoms with van der Waals surface area (Å²) in [5.74, 6) is 1.04. The van der Waals surface area contributed by atoms with E-state index in [1.807, 2.05) is 0 Å². The predicted molar refractivity (Wildman–Crippen MR) is 78.9 cm³/mol. The van der Waals surface area contributed by atoms with Crippen LogP contribution in [0.15, 0.2) is 0 Å². The molecular formula is C16H32N2. The molecule has 0 aromatic heterocycles. The molecule has 0 amide bonds. The number of nitrogens with one attached hydrogen (secondary N) is 1. The first kappa shape index (κ1) is 14.3. The summed E-state index contributed by atoms with van der Waals surface area (Å²) in [6, 6.07) is 0.935. The molecular weight excluding hydrogens is 220 g/mol. The molecule has 1 N–H and O–H groups in total. The molecule has 0 bridgehead atoms. The van der Waals surface area contributed by atoms with Crippen LogP contribution in [-0.4, -0.2) is 37.1 Å². The van der Waals surface area contributed by atoms with Gasteiger partial charge in [-0.2, -0.15) is 0 Å². The van der Waals surface area contributed by atoms with Gasteiger partial charge in [0.1, 0.15) is 0 Å². The van der Waals surface area contributed by atoms with Crippen molar-refractivity contribution in [2.75, 3.05) is 26.2 Å². The fraction of sp³-hybridized carbons (Fsp3) is 1.00. The van der Waals surface area contributed by atoms with Crippen molar-refractivity contribution >= 4 is 0 Å². The molecule has 18 heavy (non-hydrogen) atoms. The summed E-state index contributed by atoms with van der Waals surface area (Å²) in [5, 5.41) is 3.60.